The quantitative estimate of drug-likeness (QED) is 0.347. The molecule has 0 aliphatic carbocycles. The molecule has 0 saturated carbocycles. The number of fused-ring (bicyclic) bond motifs is 5. The van der Waals surface area contributed by atoms with Gasteiger partial charge in [0.1, 0.15) is 5.65 Å². The highest BCUT2D eigenvalue weighted by Crippen LogP contribution is 2.32. The molecule has 4 rings (SSSR count). The van der Waals surface area contributed by atoms with Gasteiger partial charge in [0.25, 0.3) is 0 Å². The molecule has 0 aliphatic heterocycles. The summed E-state index contributed by atoms with van der Waals surface area (Å²) in [7, 11) is 0. The minimum atomic E-state index is 0.0218. The summed E-state index contributed by atoms with van der Waals surface area (Å²) in [5.41, 5.74) is 5.61. The van der Waals surface area contributed by atoms with Crippen molar-refractivity contribution in [2.75, 3.05) is 0 Å². The lowest BCUT2D eigenvalue weighted by molar-refractivity contribution is 0.570. The molecule has 0 N–H and O–H groups in total. The molecule has 0 fully saturated rings. The molecule has 0 spiro atoms. The van der Waals surface area contributed by atoms with Gasteiger partial charge in [-0.3, -0.25) is 9.38 Å². The van der Waals surface area contributed by atoms with Crippen LogP contribution in [0.1, 0.15) is 85.9 Å². The summed E-state index contributed by atoms with van der Waals surface area (Å²) < 4.78 is 2.18. The van der Waals surface area contributed by atoms with E-state index in [4.69, 9.17) is 9.97 Å². The zero-order valence-electron chi connectivity index (χ0n) is 19.7. The van der Waals surface area contributed by atoms with Gasteiger partial charge in [-0.2, -0.15) is 0 Å². The molecule has 156 valence electrons. The van der Waals surface area contributed by atoms with Crippen LogP contribution >= 0.6 is 0 Å². The number of aromatic nitrogens is 3. The van der Waals surface area contributed by atoms with E-state index in [0.29, 0.717) is 5.92 Å². The van der Waals surface area contributed by atoms with E-state index >= 15 is 0 Å². The van der Waals surface area contributed by atoms with E-state index in [9.17, 15) is 0 Å². The Morgan fingerprint density at radius 2 is 1.72 bits per heavy atom. The summed E-state index contributed by atoms with van der Waals surface area (Å²) in [4.78, 5) is 9.71. The number of imidazole rings is 1. The van der Waals surface area contributed by atoms with E-state index in [2.05, 4.69) is 75.5 Å². The van der Waals surface area contributed by atoms with E-state index < -0.39 is 0 Å². The fourth-order valence-corrected chi connectivity index (χ4v) is 3.50. The lowest BCUT2D eigenvalue weighted by Crippen LogP contribution is -2.13. The van der Waals surface area contributed by atoms with Crippen molar-refractivity contribution in [2.45, 2.75) is 80.1 Å². The number of rotatable bonds is 2. The van der Waals surface area contributed by atoms with Crippen LogP contribution in [0, 0.1) is 0 Å². The van der Waals surface area contributed by atoms with Gasteiger partial charge < -0.3 is 0 Å². The van der Waals surface area contributed by atoms with Crippen molar-refractivity contribution in [3.63, 3.8) is 0 Å². The molecule has 0 amide bonds. The Balaban J connectivity index is 0.000000707. The van der Waals surface area contributed by atoms with Crippen LogP contribution < -0.4 is 0 Å². The van der Waals surface area contributed by atoms with Crippen molar-refractivity contribution in [1.82, 2.24) is 14.4 Å². The van der Waals surface area contributed by atoms with Crippen molar-refractivity contribution in [3.05, 3.63) is 54.0 Å². The maximum Gasteiger partial charge on any atom is 0.146 e. The molecule has 1 aromatic carbocycles. The van der Waals surface area contributed by atoms with Gasteiger partial charge in [-0.05, 0) is 35.4 Å². The van der Waals surface area contributed by atoms with Crippen LogP contribution in [0.15, 0.2) is 42.7 Å². The molecule has 1 atom stereocenters. The monoisotopic (exact) mass is 391 g/mol. The standard InChI is InChI=1S/C22H25N3.2C2H6/c1-6-14(2)16-9-7-8-15-10-11-25-18-13-23-19(22(3,4)5)12-17(18)24-21(25)20(15)16;2*1-2/h7-14H,6H2,1-5H3;2*1-2H3. The Morgan fingerprint density at radius 3 is 2.34 bits per heavy atom. The summed E-state index contributed by atoms with van der Waals surface area (Å²) in [5.74, 6) is 0.512. The second-order valence-corrected chi connectivity index (χ2v) is 8.05. The first-order valence-corrected chi connectivity index (χ1v) is 11.1. The third-order valence-corrected chi connectivity index (χ3v) is 5.24. The molecule has 3 heterocycles. The summed E-state index contributed by atoms with van der Waals surface area (Å²) in [6.45, 7) is 19.1. The smallest absolute Gasteiger partial charge is 0.146 e. The van der Waals surface area contributed by atoms with Crippen molar-refractivity contribution >= 4 is 27.5 Å². The molecule has 3 nitrogen and oxygen atoms in total. The molecule has 0 saturated heterocycles. The molecule has 1 unspecified atom stereocenters. The average Bonchev–Trinajstić information content (AvgIpc) is 3.13. The highest BCUT2D eigenvalue weighted by Gasteiger charge is 2.18. The molecule has 3 heteroatoms. The molecule has 29 heavy (non-hydrogen) atoms. The van der Waals surface area contributed by atoms with Crippen molar-refractivity contribution < 1.29 is 0 Å². The Bertz CT molecular complexity index is 1080. The van der Waals surface area contributed by atoms with Crippen molar-refractivity contribution in [2.24, 2.45) is 0 Å². The highest BCUT2D eigenvalue weighted by molar-refractivity contribution is 6.00. The van der Waals surface area contributed by atoms with Crippen LogP contribution in [0.25, 0.3) is 27.5 Å². The third kappa shape index (κ3) is 4.29. The lowest BCUT2D eigenvalue weighted by atomic mass is 9.91. The van der Waals surface area contributed by atoms with Gasteiger partial charge in [0, 0.05) is 22.7 Å². The predicted octanol–water partition coefficient (Wildman–Crippen LogP) is 7.90. The average molecular weight is 392 g/mol. The summed E-state index contributed by atoms with van der Waals surface area (Å²) in [5, 5.41) is 2.53. The maximum absolute atomic E-state index is 5.02. The molecular weight excluding hydrogens is 354 g/mol. The topological polar surface area (TPSA) is 30.2 Å². The summed E-state index contributed by atoms with van der Waals surface area (Å²) >= 11 is 0. The van der Waals surface area contributed by atoms with Crippen molar-refractivity contribution in [3.8, 4) is 0 Å². The number of hydrogen-bond donors (Lipinski definition) is 0. The fraction of sp³-hybridized carbons (Fsp3) is 0.462. The van der Waals surface area contributed by atoms with E-state index in [1.165, 1.54) is 16.3 Å². The number of benzene rings is 1. The molecule has 3 aromatic heterocycles. The van der Waals surface area contributed by atoms with Gasteiger partial charge in [-0.25, -0.2) is 4.98 Å². The van der Waals surface area contributed by atoms with Gasteiger partial charge >= 0.3 is 0 Å². The first-order chi connectivity index (χ1) is 13.9. The molecule has 0 aliphatic rings. The van der Waals surface area contributed by atoms with E-state index in [-0.39, 0.29) is 5.41 Å². The maximum atomic E-state index is 5.02. The van der Waals surface area contributed by atoms with Gasteiger partial charge in [0.2, 0.25) is 0 Å². The Morgan fingerprint density at radius 1 is 1.03 bits per heavy atom. The number of pyridine rings is 2. The largest absolute Gasteiger partial charge is 0.298 e. The zero-order valence-corrected chi connectivity index (χ0v) is 19.7. The van der Waals surface area contributed by atoms with E-state index in [1.807, 2.05) is 33.9 Å². The Kier molecular flexibility index (Phi) is 7.40. The van der Waals surface area contributed by atoms with Crippen LogP contribution in [0.5, 0.6) is 0 Å². The van der Waals surface area contributed by atoms with Crippen LogP contribution in [-0.2, 0) is 5.41 Å². The number of hydrogen-bond acceptors (Lipinski definition) is 2. The van der Waals surface area contributed by atoms with Crippen LogP contribution in [-0.4, -0.2) is 14.4 Å². The van der Waals surface area contributed by atoms with E-state index in [0.717, 1.165) is 28.8 Å². The third-order valence-electron chi connectivity index (χ3n) is 5.24. The Labute approximate surface area is 176 Å². The summed E-state index contributed by atoms with van der Waals surface area (Å²) in [6, 6.07) is 10.9. The molecule has 4 aromatic rings. The predicted molar refractivity (Wildman–Crippen MR) is 128 cm³/mol. The minimum Gasteiger partial charge on any atom is -0.298 e. The van der Waals surface area contributed by atoms with Crippen LogP contribution in [0.4, 0.5) is 0 Å². The summed E-state index contributed by atoms with van der Waals surface area (Å²) in [6.07, 6.45) is 5.20. The van der Waals surface area contributed by atoms with Gasteiger partial charge in [-0.15, -0.1) is 0 Å². The molecular formula is C26H37N3. The fourth-order valence-electron chi connectivity index (χ4n) is 3.50. The van der Waals surface area contributed by atoms with E-state index in [1.54, 1.807) is 0 Å². The first kappa shape index (κ1) is 22.9. The SMILES string of the molecule is CC.CC.CCC(C)c1cccc2ccn3c4cnc(C(C)(C)C)cc4nc3c12. The van der Waals surface area contributed by atoms with Crippen molar-refractivity contribution in [1.29, 1.82) is 0 Å². The lowest BCUT2D eigenvalue weighted by Gasteiger charge is -2.16. The number of nitrogens with zero attached hydrogens (tertiary/aromatic N) is 3. The highest BCUT2D eigenvalue weighted by atomic mass is 15.0. The van der Waals surface area contributed by atoms with Gasteiger partial charge in [0.05, 0.1) is 17.2 Å². The minimum absolute atomic E-state index is 0.0218. The Hall–Kier alpha value is -2.42. The molecule has 0 bridgehead atoms. The van der Waals surface area contributed by atoms with Crippen LogP contribution in [0.2, 0.25) is 0 Å². The first-order valence-electron chi connectivity index (χ1n) is 11.1. The van der Waals surface area contributed by atoms with Gasteiger partial charge in [0.15, 0.2) is 0 Å². The second-order valence-electron chi connectivity index (χ2n) is 8.05. The normalized spacial score (nSPS) is 12.3. The second kappa shape index (κ2) is 9.39. The van der Waals surface area contributed by atoms with Crippen LogP contribution in [0.3, 0.4) is 0 Å². The molecule has 0 radical (unpaired) electrons. The van der Waals surface area contributed by atoms with Gasteiger partial charge in [-0.1, -0.05) is 80.5 Å². The zero-order chi connectivity index (χ0) is 21.8.